The maximum atomic E-state index is 13.4. The lowest BCUT2D eigenvalue weighted by Crippen LogP contribution is -2.30. The van der Waals surface area contributed by atoms with Crippen molar-refractivity contribution in [2.45, 2.75) is 18.8 Å². The van der Waals surface area contributed by atoms with E-state index >= 15 is 0 Å². The summed E-state index contributed by atoms with van der Waals surface area (Å²) in [5, 5.41) is 8.99. The number of halogens is 3. The van der Waals surface area contributed by atoms with E-state index in [1.165, 1.54) is 23.1 Å². The van der Waals surface area contributed by atoms with E-state index in [1.54, 1.807) is 60.7 Å². The molecule has 0 aliphatic carbocycles. The van der Waals surface area contributed by atoms with Crippen molar-refractivity contribution in [1.82, 2.24) is 0 Å². The van der Waals surface area contributed by atoms with E-state index in [0.29, 0.717) is 28.1 Å². The molecule has 4 rings (SSSR count). The second-order valence-corrected chi connectivity index (χ2v) is 7.55. The van der Waals surface area contributed by atoms with Gasteiger partial charge in [0.2, 0.25) is 0 Å². The average molecular weight is 459 g/mol. The summed E-state index contributed by atoms with van der Waals surface area (Å²) in [6, 6.07) is 20.1. The summed E-state index contributed by atoms with van der Waals surface area (Å²) < 4.78 is 42.3. The number of carbonyl (C=O) groups is 1. The summed E-state index contributed by atoms with van der Waals surface area (Å²) in [6.45, 7) is 7.13. The van der Waals surface area contributed by atoms with Crippen molar-refractivity contribution in [2.24, 2.45) is 0 Å². The van der Waals surface area contributed by atoms with Gasteiger partial charge in [0.25, 0.3) is 5.91 Å². The Balaban J connectivity index is 1.72. The van der Waals surface area contributed by atoms with Gasteiger partial charge in [0, 0.05) is 17.7 Å². The van der Waals surface area contributed by atoms with Gasteiger partial charge in [0.05, 0.1) is 24.2 Å². The first-order chi connectivity index (χ1) is 16.3. The van der Waals surface area contributed by atoms with Gasteiger partial charge in [0.1, 0.15) is 5.75 Å². The molecule has 1 heterocycles. The summed E-state index contributed by atoms with van der Waals surface area (Å²) in [7, 11) is 0. The van der Waals surface area contributed by atoms with E-state index in [-0.39, 0.29) is 18.1 Å². The molecule has 0 N–H and O–H groups in total. The molecule has 3 aromatic rings. The zero-order valence-corrected chi connectivity index (χ0v) is 17.6. The molecule has 1 amide bonds. The Bertz CT molecular complexity index is 1330. The third-order valence-corrected chi connectivity index (χ3v) is 5.30. The Labute approximate surface area is 193 Å². The van der Waals surface area contributed by atoms with Crippen LogP contribution in [0.3, 0.4) is 0 Å². The monoisotopic (exact) mass is 459 g/mol. The van der Waals surface area contributed by atoms with Crippen LogP contribution in [-0.2, 0) is 11.2 Å². The van der Waals surface area contributed by atoms with E-state index < -0.39 is 12.4 Å². The lowest BCUT2D eigenvalue weighted by atomic mass is 10.0. The van der Waals surface area contributed by atoms with Gasteiger partial charge in [-0.25, -0.2) is 4.85 Å². The number of hydrogen-bond donors (Lipinski definition) is 0. The minimum absolute atomic E-state index is 0.288. The number of hydrogen-bond acceptors (Lipinski definition) is 3. The smallest absolute Gasteiger partial charge is 0.406 e. The van der Waals surface area contributed by atoms with Crippen LogP contribution >= 0.6 is 0 Å². The second kappa shape index (κ2) is 9.13. The standard InChI is InChI=1S/C26H16F3N3O2/c1-31-21-9-11-22(12-10-21)32-24(19-3-2-4-23(14-19)34-26(27,28)29)15-20(25(32)33)13-17-5-7-18(16-30)8-6-17/h2-12,14-15,24H,13H2. The van der Waals surface area contributed by atoms with Gasteiger partial charge in [-0.05, 0) is 53.6 Å². The Morgan fingerprint density at radius 1 is 1.06 bits per heavy atom. The zero-order valence-electron chi connectivity index (χ0n) is 17.6. The first-order valence-electron chi connectivity index (χ1n) is 10.1. The van der Waals surface area contributed by atoms with Crippen molar-refractivity contribution in [3.05, 3.63) is 113 Å². The van der Waals surface area contributed by atoms with E-state index in [2.05, 4.69) is 9.58 Å². The fourth-order valence-corrected chi connectivity index (χ4v) is 3.78. The van der Waals surface area contributed by atoms with Crippen LogP contribution in [0.5, 0.6) is 5.75 Å². The van der Waals surface area contributed by atoms with Crippen LogP contribution in [0.25, 0.3) is 4.85 Å². The van der Waals surface area contributed by atoms with Crippen molar-refractivity contribution in [1.29, 1.82) is 5.26 Å². The highest BCUT2D eigenvalue weighted by atomic mass is 19.4. The number of alkyl halides is 3. The van der Waals surface area contributed by atoms with E-state index in [4.69, 9.17) is 11.8 Å². The Morgan fingerprint density at radius 3 is 2.38 bits per heavy atom. The molecule has 0 saturated carbocycles. The number of rotatable bonds is 5. The molecule has 0 saturated heterocycles. The lowest BCUT2D eigenvalue weighted by molar-refractivity contribution is -0.274. The first kappa shape index (κ1) is 22.6. The quantitative estimate of drug-likeness (QED) is 0.423. The second-order valence-electron chi connectivity index (χ2n) is 7.55. The highest BCUT2D eigenvalue weighted by Crippen LogP contribution is 2.38. The molecule has 0 fully saturated rings. The van der Waals surface area contributed by atoms with Gasteiger partial charge in [-0.15, -0.1) is 13.2 Å². The van der Waals surface area contributed by atoms with Crippen molar-refractivity contribution in [2.75, 3.05) is 4.90 Å². The largest absolute Gasteiger partial charge is 0.573 e. The molecule has 1 atom stereocenters. The average Bonchev–Trinajstić information content (AvgIpc) is 3.14. The van der Waals surface area contributed by atoms with Gasteiger partial charge in [-0.3, -0.25) is 9.69 Å². The SMILES string of the molecule is [C-]#[N+]c1ccc(N2C(=O)C(Cc3ccc(C#N)cc3)=CC2c2cccc(OC(F)(F)F)c2)cc1. The molecule has 5 nitrogen and oxygen atoms in total. The topological polar surface area (TPSA) is 57.7 Å². The maximum Gasteiger partial charge on any atom is 0.573 e. The summed E-state index contributed by atoms with van der Waals surface area (Å²) in [5.74, 6) is -0.679. The molecule has 168 valence electrons. The molecular formula is C26H16F3N3O2. The van der Waals surface area contributed by atoms with Crippen LogP contribution in [-0.4, -0.2) is 12.3 Å². The molecule has 0 radical (unpaired) electrons. The van der Waals surface area contributed by atoms with Crippen molar-refractivity contribution in [3.63, 3.8) is 0 Å². The van der Waals surface area contributed by atoms with Crippen LogP contribution in [0.15, 0.2) is 84.4 Å². The van der Waals surface area contributed by atoms with Crippen molar-refractivity contribution in [3.8, 4) is 11.8 Å². The molecule has 3 aromatic carbocycles. The fourth-order valence-electron chi connectivity index (χ4n) is 3.78. The molecule has 1 unspecified atom stereocenters. The first-order valence-corrected chi connectivity index (χ1v) is 10.1. The Morgan fingerprint density at radius 2 is 1.76 bits per heavy atom. The number of anilines is 1. The Kier molecular flexibility index (Phi) is 6.07. The third-order valence-electron chi connectivity index (χ3n) is 5.30. The number of carbonyl (C=O) groups excluding carboxylic acids is 1. The van der Waals surface area contributed by atoms with E-state index in [1.807, 2.05) is 6.07 Å². The highest BCUT2D eigenvalue weighted by Gasteiger charge is 2.35. The number of ether oxygens (including phenoxy) is 1. The van der Waals surface area contributed by atoms with Crippen LogP contribution in [0.2, 0.25) is 0 Å². The molecular weight excluding hydrogens is 443 g/mol. The number of benzene rings is 3. The molecule has 0 spiro atoms. The molecule has 8 heteroatoms. The molecule has 1 aliphatic heterocycles. The predicted molar refractivity (Wildman–Crippen MR) is 119 cm³/mol. The minimum atomic E-state index is -4.84. The fraction of sp³-hybridized carbons (Fsp3) is 0.115. The molecule has 0 bridgehead atoms. The van der Waals surface area contributed by atoms with Gasteiger partial charge in [0.15, 0.2) is 5.69 Å². The summed E-state index contributed by atoms with van der Waals surface area (Å²) in [4.78, 5) is 18.3. The van der Waals surface area contributed by atoms with Gasteiger partial charge >= 0.3 is 6.36 Å². The van der Waals surface area contributed by atoms with E-state index in [0.717, 1.165) is 5.56 Å². The lowest BCUT2D eigenvalue weighted by Gasteiger charge is -2.26. The van der Waals surface area contributed by atoms with Crippen molar-refractivity contribution < 1.29 is 22.7 Å². The minimum Gasteiger partial charge on any atom is -0.406 e. The van der Waals surface area contributed by atoms with E-state index in [9.17, 15) is 18.0 Å². The molecule has 34 heavy (non-hydrogen) atoms. The third kappa shape index (κ3) is 4.92. The Hall–Kier alpha value is -4.56. The number of nitrogens with zero attached hydrogens (tertiary/aromatic N) is 3. The van der Waals surface area contributed by atoms with Crippen LogP contribution in [0, 0.1) is 17.9 Å². The predicted octanol–water partition coefficient (Wildman–Crippen LogP) is 6.26. The molecule has 1 aliphatic rings. The molecule has 0 aromatic heterocycles. The van der Waals surface area contributed by atoms with Crippen LogP contribution in [0.1, 0.15) is 22.7 Å². The van der Waals surface area contributed by atoms with Crippen LogP contribution in [0.4, 0.5) is 24.5 Å². The van der Waals surface area contributed by atoms with Gasteiger partial charge in [-0.2, -0.15) is 5.26 Å². The van der Waals surface area contributed by atoms with Gasteiger partial charge < -0.3 is 4.74 Å². The number of amides is 1. The zero-order chi connectivity index (χ0) is 24.3. The number of nitriles is 1. The summed E-state index contributed by atoms with van der Waals surface area (Å²) in [5.41, 5.74) is 3.13. The van der Waals surface area contributed by atoms with Crippen molar-refractivity contribution >= 4 is 17.3 Å². The summed E-state index contributed by atoms with van der Waals surface area (Å²) >= 11 is 0. The maximum absolute atomic E-state index is 13.4. The normalized spacial score (nSPS) is 15.4. The van der Waals surface area contributed by atoms with Crippen LogP contribution < -0.4 is 9.64 Å². The van der Waals surface area contributed by atoms with Gasteiger partial charge in [-0.1, -0.05) is 36.4 Å². The summed E-state index contributed by atoms with van der Waals surface area (Å²) in [6.07, 6.45) is -2.83. The highest BCUT2D eigenvalue weighted by molar-refractivity contribution is 6.09.